The molecule has 0 aliphatic carbocycles. The molecule has 0 aliphatic heterocycles. The molecule has 5 nitrogen and oxygen atoms in total. The number of carbonyl (C=O) groups excluding carboxylic acids is 2. The van der Waals surface area contributed by atoms with Crippen molar-refractivity contribution in [1.29, 1.82) is 0 Å². The van der Waals surface area contributed by atoms with Crippen molar-refractivity contribution >= 4 is 23.2 Å². The number of carbonyl (C=O) groups is 2. The molecule has 0 radical (unpaired) electrons. The molecule has 2 atom stereocenters. The van der Waals surface area contributed by atoms with E-state index in [-0.39, 0.29) is 18.4 Å². The summed E-state index contributed by atoms with van der Waals surface area (Å²) in [7, 11) is 0. The van der Waals surface area contributed by atoms with Crippen LogP contribution < -0.4 is 10.6 Å². The normalized spacial score (nSPS) is 15.2. The zero-order valence-corrected chi connectivity index (χ0v) is 14.5. The molecule has 22 heavy (non-hydrogen) atoms. The van der Waals surface area contributed by atoms with Crippen LogP contribution in [0.1, 0.15) is 50.2 Å². The van der Waals surface area contributed by atoms with Gasteiger partial charge in [-0.3, -0.25) is 9.59 Å². The standard InChI is InChI=1S/C16H26N2O3S/c1-11(2)7-8-16(4,21)10-17-14(19)12(3)18-15(20)13-6-5-9-22-13/h5-6,9,11-12,21H,7-8,10H2,1-4H3,(H,17,19)(H,18,20). The first-order valence-electron chi connectivity index (χ1n) is 7.56. The fraction of sp³-hybridized carbons (Fsp3) is 0.625. The highest BCUT2D eigenvalue weighted by Gasteiger charge is 2.23. The Kier molecular flexibility index (Phi) is 7.03. The third-order valence-corrected chi connectivity index (χ3v) is 4.26. The summed E-state index contributed by atoms with van der Waals surface area (Å²) in [5, 5.41) is 17.4. The lowest BCUT2D eigenvalue weighted by atomic mass is 9.95. The molecule has 2 amide bonds. The molecule has 124 valence electrons. The second-order valence-corrected chi connectivity index (χ2v) is 7.27. The minimum atomic E-state index is -0.933. The van der Waals surface area contributed by atoms with E-state index in [1.807, 2.05) is 5.38 Å². The predicted molar refractivity (Wildman–Crippen MR) is 89.0 cm³/mol. The highest BCUT2D eigenvalue weighted by molar-refractivity contribution is 7.12. The lowest BCUT2D eigenvalue weighted by Gasteiger charge is -2.25. The summed E-state index contributed by atoms with van der Waals surface area (Å²) in [6.07, 6.45) is 1.52. The number of thiophene rings is 1. The SMILES string of the molecule is CC(C)CCC(C)(O)CNC(=O)C(C)NC(=O)c1cccs1. The van der Waals surface area contributed by atoms with Gasteiger partial charge in [0.1, 0.15) is 6.04 Å². The lowest BCUT2D eigenvalue weighted by Crippen LogP contribution is -2.49. The molecule has 0 bridgehead atoms. The quantitative estimate of drug-likeness (QED) is 0.685. The number of rotatable bonds is 8. The van der Waals surface area contributed by atoms with E-state index in [0.29, 0.717) is 17.2 Å². The van der Waals surface area contributed by atoms with Crippen molar-refractivity contribution in [3.8, 4) is 0 Å². The van der Waals surface area contributed by atoms with Crippen LogP contribution in [-0.4, -0.2) is 35.1 Å². The highest BCUT2D eigenvalue weighted by atomic mass is 32.1. The van der Waals surface area contributed by atoms with Gasteiger partial charge >= 0.3 is 0 Å². The van der Waals surface area contributed by atoms with Gasteiger partial charge in [-0.15, -0.1) is 11.3 Å². The Hall–Kier alpha value is -1.40. The predicted octanol–water partition coefficient (Wildman–Crippen LogP) is 2.17. The average Bonchev–Trinajstić information content (AvgIpc) is 2.97. The van der Waals surface area contributed by atoms with Gasteiger partial charge < -0.3 is 15.7 Å². The first-order valence-corrected chi connectivity index (χ1v) is 8.43. The van der Waals surface area contributed by atoms with Gasteiger partial charge in [0.05, 0.1) is 10.5 Å². The molecule has 1 heterocycles. The van der Waals surface area contributed by atoms with Crippen molar-refractivity contribution in [1.82, 2.24) is 10.6 Å². The average molecular weight is 326 g/mol. The molecule has 6 heteroatoms. The van der Waals surface area contributed by atoms with E-state index < -0.39 is 11.6 Å². The summed E-state index contributed by atoms with van der Waals surface area (Å²) in [5.74, 6) is -0.0508. The fourth-order valence-corrected chi connectivity index (χ4v) is 2.49. The zero-order chi connectivity index (χ0) is 16.8. The maximum Gasteiger partial charge on any atom is 0.261 e. The lowest BCUT2D eigenvalue weighted by molar-refractivity contribution is -0.123. The fourth-order valence-electron chi connectivity index (χ4n) is 1.86. The molecule has 0 saturated carbocycles. The van der Waals surface area contributed by atoms with E-state index in [9.17, 15) is 14.7 Å². The van der Waals surface area contributed by atoms with Gasteiger partial charge in [0.2, 0.25) is 5.91 Å². The van der Waals surface area contributed by atoms with Crippen molar-refractivity contribution in [3.05, 3.63) is 22.4 Å². The van der Waals surface area contributed by atoms with Crippen molar-refractivity contribution in [2.24, 2.45) is 5.92 Å². The molecule has 2 unspecified atom stereocenters. The Morgan fingerprint density at radius 2 is 2.05 bits per heavy atom. The van der Waals surface area contributed by atoms with Gasteiger partial charge in [-0.05, 0) is 44.1 Å². The maximum atomic E-state index is 12.0. The van der Waals surface area contributed by atoms with Crippen molar-refractivity contribution in [3.63, 3.8) is 0 Å². The topological polar surface area (TPSA) is 78.4 Å². The molecule has 3 N–H and O–H groups in total. The van der Waals surface area contributed by atoms with Crippen LogP contribution in [0.25, 0.3) is 0 Å². The maximum absolute atomic E-state index is 12.0. The van der Waals surface area contributed by atoms with Crippen LogP contribution in [0, 0.1) is 5.92 Å². The van der Waals surface area contributed by atoms with E-state index >= 15 is 0 Å². The van der Waals surface area contributed by atoms with Gasteiger partial charge in [-0.1, -0.05) is 19.9 Å². The number of hydrogen-bond acceptors (Lipinski definition) is 4. The Bertz CT molecular complexity index is 484. The molecular weight excluding hydrogens is 300 g/mol. The van der Waals surface area contributed by atoms with Crippen LogP contribution in [0.3, 0.4) is 0 Å². The second-order valence-electron chi connectivity index (χ2n) is 6.32. The van der Waals surface area contributed by atoms with E-state index in [4.69, 9.17) is 0 Å². The van der Waals surface area contributed by atoms with Gasteiger partial charge in [0.15, 0.2) is 0 Å². The van der Waals surface area contributed by atoms with E-state index in [2.05, 4.69) is 24.5 Å². The Balaban J connectivity index is 2.39. The van der Waals surface area contributed by atoms with Crippen molar-refractivity contribution in [2.45, 2.75) is 52.2 Å². The molecule has 0 spiro atoms. The Labute approximate surface area is 136 Å². The largest absolute Gasteiger partial charge is 0.388 e. The smallest absolute Gasteiger partial charge is 0.261 e. The van der Waals surface area contributed by atoms with Crippen LogP contribution in [0.15, 0.2) is 17.5 Å². The van der Waals surface area contributed by atoms with Gasteiger partial charge in [0.25, 0.3) is 5.91 Å². The Morgan fingerprint density at radius 1 is 1.36 bits per heavy atom. The number of hydrogen-bond donors (Lipinski definition) is 3. The van der Waals surface area contributed by atoms with Gasteiger partial charge in [-0.2, -0.15) is 0 Å². The summed E-state index contributed by atoms with van der Waals surface area (Å²) in [5.41, 5.74) is -0.933. The minimum Gasteiger partial charge on any atom is -0.388 e. The summed E-state index contributed by atoms with van der Waals surface area (Å²) < 4.78 is 0. The van der Waals surface area contributed by atoms with Crippen LogP contribution in [0.4, 0.5) is 0 Å². The van der Waals surface area contributed by atoms with Crippen LogP contribution in [0.5, 0.6) is 0 Å². The summed E-state index contributed by atoms with van der Waals surface area (Å²) in [6, 6.07) is 2.85. The number of nitrogens with one attached hydrogen (secondary N) is 2. The third kappa shape index (κ3) is 6.58. The monoisotopic (exact) mass is 326 g/mol. The van der Waals surface area contributed by atoms with E-state index in [0.717, 1.165) is 6.42 Å². The van der Waals surface area contributed by atoms with Crippen LogP contribution in [0.2, 0.25) is 0 Å². The first kappa shape index (κ1) is 18.6. The molecule has 1 aromatic heterocycles. The zero-order valence-electron chi connectivity index (χ0n) is 13.7. The molecule has 1 aromatic rings. The Morgan fingerprint density at radius 3 is 2.59 bits per heavy atom. The van der Waals surface area contributed by atoms with Crippen molar-refractivity contribution in [2.75, 3.05) is 6.54 Å². The molecule has 0 fully saturated rings. The van der Waals surface area contributed by atoms with Crippen LogP contribution >= 0.6 is 11.3 Å². The minimum absolute atomic E-state index is 0.178. The summed E-state index contributed by atoms with van der Waals surface area (Å²) >= 11 is 1.33. The number of aliphatic hydroxyl groups is 1. The van der Waals surface area contributed by atoms with E-state index in [1.54, 1.807) is 26.0 Å². The molecule has 0 aliphatic rings. The molecular formula is C16H26N2O3S. The first-order chi connectivity index (χ1) is 10.2. The highest BCUT2D eigenvalue weighted by Crippen LogP contribution is 2.15. The summed E-state index contributed by atoms with van der Waals surface area (Å²) in [4.78, 5) is 24.4. The molecule has 0 aromatic carbocycles. The van der Waals surface area contributed by atoms with Crippen LogP contribution in [-0.2, 0) is 4.79 Å². The summed E-state index contributed by atoms with van der Waals surface area (Å²) in [6.45, 7) is 7.71. The molecule has 0 saturated heterocycles. The second kappa shape index (κ2) is 8.29. The van der Waals surface area contributed by atoms with Gasteiger partial charge in [0, 0.05) is 6.54 Å². The number of amides is 2. The third-order valence-electron chi connectivity index (χ3n) is 3.39. The van der Waals surface area contributed by atoms with Gasteiger partial charge in [-0.25, -0.2) is 0 Å². The van der Waals surface area contributed by atoms with Crippen molar-refractivity contribution < 1.29 is 14.7 Å². The van der Waals surface area contributed by atoms with E-state index in [1.165, 1.54) is 11.3 Å². The molecule has 1 rings (SSSR count).